The van der Waals surface area contributed by atoms with Gasteiger partial charge in [0.1, 0.15) is 6.54 Å². The fourth-order valence-corrected chi connectivity index (χ4v) is 5.56. The van der Waals surface area contributed by atoms with Crippen molar-refractivity contribution in [3.8, 4) is 0 Å². The van der Waals surface area contributed by atoms with Gasteiger partial charge in [-0.15, -0.1) is 0 Å². The maximum absolute atomic E-state index is 13.7. The Bertz CT molecular complexity index is 1640. The first-order valence-electron chi connectivity index (χ1n) is 15.0. The number of carbonyl (C=O) groups is 3. The second kappa shape index (κ2) is 14.8. The molecule has 0 aliphatic rings. The lowest BCUT2D eigenvalue weighted by Gasteiger charge is -2.26. The lowest BCUT2D eigenvalue weighted by atomic mass is 9.88. The zero-order valence-electron chi connectivity index (χ0n) is 24.9. The van der Waals surface area contributed by atoms with Crippen LogP contribution in [0.25, 0.3) is 10.9 Å². The second-order valence-corrected chi connectivity index (χ2v) is 10.6. The minimum absolute atomic E-state index is 0.0714. The van der Waals surface area contributed by atoms with E-state index >= 15 is 0 Å². The van der Waals surface area contributed by atoms with Crippen LogP contribution in [0.2, 0.25) is 0 Å². The topological polar surface area (TPSA) is 80.6 Å². The van der Waals surface area contributed by atoms with Gasteiger partial charge >= 0.3 is 5.97 Å². The van der Waals surface area contributed by atoms with E-state index in [0.717, 1.165) is 17.3 Å². The molecule has 7 nitrogen and oxygen atoms in total. The van der Waals surface area contributed by atoms with E-state index in [1.165, 1.54) is 11.1 Å². The summed E-state index contributed by atoms with van der Waals surface area (Å²) in [5.41, 5.74) is 4.30. The summed E-state index contributed by atoms with van der Waals surface area (Å²) in [4.78, 5) is 40.9. The highest BCUT2D eigenvalue weighted by Gasteiger charge is 2.21. The van der Waals surface area contributed by atoms with Crippen LogP contribution < -0.4 is 5.32 Å². The molecule has 0 bridgehead atoms. The Labute approximate surface area is 258 Å². The number of carbonyl (C=O) groups excluding carboxylic acids is 3. The number of nitrogens with one attached hydrogen (secondary N) is 1. The first-order chi connectivity index (χ1) is 21.5. The van der Waals surface area contributed by atoms with Gasteiger partial charge in [0.05, 0.1) is 6.61 Å². The van der Waals surface area contributed by atoms with Gasteiger partial charge in [-0.05, 0) is 54.8 Å². The Balaban J connectivity index is 1.30. The van der Waals surface area contributed by atoms with Gasteiger partial charge in [-0.1, -0.05) is 84.9 Å². The maximum Gasteiger partial charge on any atom is 0.325 e. The highest BCUT2D eigenvalue weighted by atomic mass is 16.5. The van der Waals surface area contributed by atoms with Gasteiger partial charge in [-0.2, -0.15) is 0 Å². The van der Waals surface area contributed by atoms with E-state index in [-0.39, 0.29) is 30.2 Å². The quantitative estimate of drug-likeness (QED) is 0.164. The number of amides is 2. The minimum atomic E-state index is -0.329. The van der Waals surface area contributed by atoms with Crippen molar-refractivity contribution in [3.05, 3.63) is 144 Å². The molecule has 0 atom stereocenters. The van der Waals surface area contributed by atoms with E-state index in [1.807, 2.05) is 83.8 Å². The Morgan fingerprint density at radius 2 is 1.41 bits per heavy atom. The SMILES string of the molecule is CCOC(=O)Cn1ccc2c(C(=O)NCCN(CCC(c3ccccc3)c3ccccc3)C(=O)c3ccccc3)cccc21. The molecule has 0 saturated heterocycles. The van der Waals surface area contributed by atoms with Crippen LogP contribution in [-0.2, 0) is 16.1 Å². The van der Waals surface area contributed by atoms with Gasteiger partial charge in [-0.25, -0.2) is 0 Å². The summed E-state index contributed by atoms with van der Waals surface area (Å²) >= 11 is 0. The summed E-state index contributed by atoms with van der Waals surface area (Å²) in [6, 6.07) is 37.2. The number of hydrogen-bond donors (Lipinski definition) is 1. The van der Waals surface area contributed by atoms with E-state index in [9.17, 15) is 14.4 Å². The van der Waals surface area contributed by atoms with Crippen molar-refractivity contribution in [2.45, 2.75) is 25.8 Å². The lowest BCUT2D eigenvalue weighted by molar-refractivity contribution is -0.143. The molecule has 0 spiro atoms. The zero-order valence-corrected chi connectivity index (χ0v) is 24.9. The van der Waals surface area contributed by atoms with E-state index in [2.05, 4.69) is 29.6 Å². The normalized spacial score (nSPS) is 11.0. The highest BCUT2D eigenvalue weighted by molar-refractivity contribution is 6.06. The summed E-state index contributed by atoms with van der Waals surface area (Å²) in [5.74, 6) is -0.514. The van der Waals surface area contributed by atoms with E-state index in [4.69, 9.17) is 4.74 Å². The van der Waals surface area contributed by atoms with Crippen molar-refractivity contribution in [3.63, 3.8) is 0 Å². The third-order valence-corrected chi connectivity index (χ3v) is 7.73. The molecule has 5 aromatic rings. The van der Waals surface area contributed by atoms with Crippen molar-refractivity contribution in [1.82, 2.24) is 14.8 Å². The van der Waals surface area contributed by atoms with Gasteiger partial charge in [0.2, 0.25) is 0 Å². The summed E-state index contributed by atoms with van der Waals surface area (Å²) < 4.78 is 6.86. The number of nitrogens with zero attached hydrogens (tertiary/aromatic N) is 2. The van der Waals surface area contributed by atoms with Crippen LogP contribution in [0.15, 0.2) is 121 Å². The first kappa shape index (κ1) is 30.3. The molecule has 0 unspecified atom stereocenters. The Hall–Kier alpha value is -5.17. The number of fused-ring (bicyclic) bond motifs is 1. The summed E-state index contributed by atoms with van der Waals surface area (Å²) in [6.45, 7) is 3.33. The Kier molecular flexibility index (Phi) is 10.2. The smallest absolute Gasteiger partial charge is 0.325 e. The summed E-state index contributed by atoms with van der Waals surface area (Å²) in [5, 5.41) is 3.77. The Morgan fingerprint density at radius 1 is 0.773 bits per heavy atom. The molecule has 5 rings (SSSR count). The third-order valence-electron chi connectivity index (χ3n) is 7.73. The van der Waals surface area contributed by atoms with Crippen LogP contribution in [0, 0.1) is 0 Å². The molecule has 0 radical (unpaired) electrons. The van der Waals surface area contributed by atoms with Gasteiger partial charge in [0.15, 0.2) is 0 Å². The van der Waals surface area contributed by atoms with Crippen LogP contribution in [0.5, 0.6) is 0 Å². The molecule has 0 aliphatic carbocycles. The number of rotatable bonds is 13. The molecule has 7 heteroatoms. The predicted molar refractivity (Wildman–Crippen MR) is 173 cm³/mol. The van der Waals surface area contributed by atoms with Crippen LogP contribution in [0.1, 0.15) is 51.1 Å². The van der Waals surface area contributed by atoms with Gasteiger partial charge in [0, 0.05) is 53.8 Å². The predicted octanol–water partition coefficient (Wildman–Crippen LogP) is 6.30. The molecule has 4 aromatic carbocycles. The fourth-order valence-electron chi connectivity index (χ4n) is 5.56. The number of benzene rings is 4. The first-order valence-corrected chi connectivity index (χ1v) is 15.0. The molecule has 1 N–H and O–H groups in total. The monoisotopic (exact) mass is 587 g/mol. The third kappa shape index (κ3) is 7.42. The van der Waals surface area contributed by atoms with Crippen molar-refractivity contribution in [2.24, 2.45) is 0 Å². The minimum Gasteiger partial charge on any atom is -0.465 e. The Morgan fingerprint density at radius 3 is 2.05 bits per heavy atom. The molecule has 0 aliphatic heterocycles. The van der Waals surface area contributed by atoms with Crippen molar-refractivity contribution in [1.29, 1.82) is 0 Å². The average Bonchev–Trinajstić information content (AvgIpc) is 3.47. The van der Waals surface area contributed by atoms with Crippen LogP contribution in [0.4, 0.5) is 0 Å². The van der Waals surface area contributed by atoms with Gasteiger partial charge in [0.25, 0.3) is 11.8 Å². The molecule has 1 heterocycles. The fraction of sp³-hybridized carbons (Fsp3) is 0.216. The van der Waals surface area contributed by atoms with Crippen LogP contribution in [0.3, 0.4) is 0 Å². The van der Waals surface area contributed by atoms with Gasteiger partial charge < -0.3 is 19.5 Å². The van der Waals surface area contributed by atoms with E-state index in [0.29, 0.717) is 37.4 Å². The molecule has 1 aromatic heterocycles. The zero-order chi connectivity index (χ0) is 30.7. The maximum atomic E-state index is 13.7. The second-order valence-electron chi connectivity index (χ2n) is 10.6. The van der Waals surface area contributed by atoms with E-state index < -0.39 is 0 Å². The van der Waals surface area contributed by atoms with Crippen molar-refractivity contribution < 1.29 is 19.1 Å². The largest absolute Gasteiger partial charge is 0.465 e. The molecule has 44 heavy (non-hydrogen) atoms. The average molecular weight is 588 g/mol. The number of ether oxygens (including phenoxy) is 1. The van der Waals surface area contributed by atoms with Gasteiger partial charge in [-0.3, -0.25) is 14.4 Å². The molecule has 2 amide bonds. The molecule has 0 saturated carbocycles. The van der Waals surface area contributed by atoms with Crippen LogP contribution in [-0.4, -0.2) is 53.5 Å². The number of hydrogen-bond acceptors (Lipinski definition) is 4. The standard InChI is InChI=1S/C37H37N3O4/c1-2-44-35(41)27-40-25-22-32-33(19-12-20-34(32)40)36(42)38-23-26-39(37(43)30-17-10-5-11-18-30)24-21-31(28-13-6-3-7-14-28)29-15-8-4-9-16-29/h3-20,22,25,31H,2,21,23-24,26-27H2,1H3,(H,38,42). The highest BCUT2D eigenvalue weighted by Crippen LogP contribution is 2.28. The summed E-state index contributed by atoms with van der Waals surface area (Å²) in [6.07, 6.45) is 2.52. The lowest BCUT2D eigenvalue weighted by Crippen LogP contribution is -2.39. The van der Waals surface area contributed by atoms with Crippen LogP contribution >= 0.6 is 0 Å². The van der Waals surface area contributed by atoms with Crippen molar-refractivity contribution >= 4 is 28.7 Å². The molecule has 224 valence electrons. The number of esters is 1. The molecule has 0 fully saturated rings. The molecular weight excluding hydrogens is 550 g/mol. The summed E-state index contributed by atoms with van der Waals surface area (Å²) in [7, 11) is 0. The number of aromatic nitrogens is 1. The van der Waals surface area contributed by atoms with Crippen molar-refractivity contribution in [2.75, 3.05) is 26.2 Å². The molecular formula is C37H37N3O4. The van der Waals surface area contributed by atoms with E-state index in [1.54, 1.807) is 29.8 Å².